The maximum absolute atomic E-state index is 9.85. The number of aliphatic hydroxyl groups excluding tert-OH is 1. The van der Waals surface area contributed by atoms with Gasteiger partial charge in [0.25, 0.3) is 0 Å². The highest BCUT2D eigenvalue weighted by Gasteiger charge is 2.07. The quantitative estimate of drug-likeness (QED) is 0.726. The molecule has 0 bridgehead atoms. The Labute approximate surface area is 137 Å². The molecule has 0 saturated carbocycles. The molecule has 0 amide bonds. The predicted molar refractivity (Wildman–Crippen MR) is 89.1 cm³/mol. The summed E-state index contributed by atoms with van der Waals surface area (Å²) in [7, 11) is 1.61. The van der Waals surface area contributed by atoms with Crippen LogP contribution < -0.4 is 14.2 Å². The Morgan fingerprint density at radius 2 is 1.29 bits per heavy atom. The van der Waals surface area contributed by atoms with Gasteiger partial charge in [-0.1, -0.05) is 0 Å². The molecular formula is C16H17IO4. The van der Waals surface area contributed by atoms with Gasteiger partial charge >= 0.3 is 0 Å². The van der Waals surface area contributed by atoms with E-state index in [-0.39, 0.29) is 13.2 Å². The number of ether oxygens (including phenoxy) is 3. The maximum Gasteiger partial charge on any atom is 0.122 e. The molecule has 0 fully saturated rings. The molecule has 0 aliphatic heterocycles. The summed E-state index contributed by atoms with van der Waals surface area (Å²) in [4.78, 5) is 0. The van der Waals surface area contributed by atoms with Crippen molar-refractivity contribution in [2.45, 2.75) is 6.10 Å². The molecule has 0 radical (unpaired) electrons. The molecule has 0 aromatic heterocycles. The van der Waals surface area contributed by atoms with Crippen molar-refractivity contribution in [3.63, 3.8) is 0 Å². The first kappa shape index (κ1) is 15.9. The second kappa shape index (κ2) is 8.09. The van der Waals surface area contributed by atoms with Crippen molar-refractivity contribution in [3.8, 4) is 17.2 Å². The summed E-state index contributed by atoms with van der Waals surface area (Å²) in [6.45, 7) is 0.368. The number of hydrogen-bond acceptors (Lipinski definition) is 4. The molecule has 5 heteroatoms. The van der Waals surface area contributed by atoms with Crippen LogP contribution >= 0.6 is 22.6 Å². The van der Waals surface area contributed by atoms with Crippen LogP contribution in [-0.4, -0.2) is 31.5 Å². The van der Waals surface area contributed by atoms with E-state index in [0.29, 0.717) is 5.75 Å². The van der Waals surface area contributed by atoms with Crippen LogP contribution in [0.25, 0.3) is 0 Å². The van der Waals surface area contributed by atoms with E-state index in [1.807, 2.05) is 36.4 Å². The second-order valence-corrected chi connectivity index (χ2v) is 5.65. The molecule has 0 saturated heterocycles. The molecule has 0 aliphatic carbocycles. The average molecular weight is 400 g/mol. The number of halogens is 1. The van der Waals surface area contributed by atoms with E-state index in [9.17, 15) is 5.11 Å². The SMILES string of the molecule is COc1ccc(OC[C@H](O)COc2ccc(I)cc2)cc1. The minimum absolute atomic E-state index is 0.177. The fourth-order valence-corrected chi connectivity index (χ4v) is 2.00. The van der Waals surface area contributed by atoms with Gasteiger partial charge < -0.3 is 19.3 Å². The Hall–Kier alpha value is -1.47. The number of benzene rings is 2. The van der Waals surface area contributed by atoms with Crippen LogP contribution in [0.1, 0.15) is 0 Å². The van der Waals surface area contributed by atoms with Gasteiger partial charge in [0.1, 0.15) is 36.6 Å². The second-order valence-electron chi connectivity index (χ2n) is 4.41. The largest absolute Gasteiger partial charge is 0.497 e. The van der Waals surface area contributed by atoms with Crippen LogP contribution in [0.5, 0.6) is 17.2 Å². The zero-order valence-corrected chi connectivity index (χ0v) is 13.8. The molecule has 112 valence electrons. The van der Waals surface area contributed by atoms with Gasteiger partial charge in [0.15, 0.2) is 0 Å². The molecule has 2 rings (SSSR count). The first-order valence-corrected chi connectivity index (χ1v) is 7.58. The van der Waals surface area contributed by atoms with Crippen molar-refractivity contribution in [1.82, 2.24) is 0 Å². The van der Waals surface area contributed by atoms with Crippen molar-refractivity contribution in [3.05, 3.63) is 52.1 Å². The van der Waals surface area contributed by atoms with Gasteiger partial charge in [-0.3, -0.25) is 0 Å². The summed E-state index contributed by atoms with van der Waals surface area (Å²) < 4.78 is 17.2. The Morgan fingerprint density at radius 3 is 1.76 bits per heavy atom. The van der Waals surface area contributed by atoms with Gasteiger partial charge in [0.05, 0.1) is 7.11 Å². The average Bonchev–Trinajstić information content (AvgIpc) is 2.53. The fourth-order valence-electron chi connectivity index (χ4n) is 1.64. The van der Waals surface area contributed by atoms with E-state index >= 15 is 0 Å². The molecule has 4 nitrogen and oxygen atoms in total. The zero-order valence-electron chi connectivity index (χ0n) is 11.7. The van der Waals surface area contributed by atoms with Crippen molar-refractivity contribution in [2.24, 2.45) is 0 Å². The minimum Gasteiger partial charge on any atom is -0.497 e. The lowest BCUT2D eigenvalue weighted by atomic mass is 10.3. The highest BCUT2D eigenvalue weighted by molar-refractivity contribution is 14.1. The van der Waals surface area contributed by atoms with Gasteiger partial charge in [-0.05, 0) is 71.1 Å². The third-order valence-corrected chi connectivity index (χ3v) is 3.48. The highest BCUT2D eigenvalue weighted by Crippen LogP contribution is 2.17. The van der Waals surface area contributed by atoms with Crippen LogP contribution in [0.2, 0.25) is 0 Å². The summed E-state index contributed by atoms with van der Waals surface area (Å²) in [5, 5.41) is 9.85. The lowest BCUT2D eigenvalue weighted by molar-refractivity contribution is 0.0626. The molecular weight excluding hydrogens is 383 g/mol. The van der Waals surface area contributed by atoms with Crippen molar-refractivity contribution in [1.29, 1.82) is 0 Å². The Balaban J connectivity index is 1.73. The summed E-state index contributed by atoms with van der Waals surface area (Å²) >= 11 is 2.23. The summed E-state index contributed by atoms with van der Waals surface area (Å²) in [5.74, 6) is 2.19. The standard InChI is InChI=1S/C16H17IO4/c1-19-14-6-8-16(9-7-14)21-11-13(18)10-20-15-4-2-12(17)3-5-15/h2-9,13,18H,10-11H2,1H3/t13-/m1/s1. The van der Waals surface area contributed by atoms with Gasteiger partial charge in [0.2, 0.25) is 0 Å². The van der Waals surface area contributed by atoms with Crippen LogP contribution in [0, 0.1) is 3.57 Å². The third-order valence-electron chi connectivity index (χ3n) is 2.76. The number of aliphatic hydroxyl groups is 1. The van der Waals surface area contributed by atoms with Crippen LogP contribution in [-0.2, 0) is 0 Å². The number of rotatable bonds is 7. The summed E-state index contributed by atoms with van der Waals surface area (Å²) in [5.41, 5.74) is 0. The van der Waals surface area contributed by atoms with E-state index in [0.717, 1.165) is 15.1 Å². The number of methoxy groups -OCH3 is 1. The molecule has 0 unspecified atom stereocenters. The fraction of sp³-hybridized carbons (Fsp3) is 0.250. The lowest BCUT2D eigenvalue weighted by Crippen LogP contribution is -2.25. The Morgan fingerprint density at radius 1 is 0.857 bits per heavy atom. The van der Waals surface area contributed by atoms with E-state index in [1.165, 1.54) is 0 Å². The Kier molecular flexibility index (Phi) is 6.13. The molecule has 21 heavy (non-hydrogen) atoms. The predicted octanol–water partition coefficient (Wildman–Crippen LogP) is 3.12. The molecule has 2 aromatic carbocycles. The minimum atomic E-state index is -0.689. The molecule has 0 aliphatic rings. The van der Waals surface area contributed by atoms with Gasteiger partial charge in [-0.2, -0.15) is 0 Å². The van der Waals surface area contributed by atoms with E-state index in [1.54, 1.807) is 19.2 Å². The lowest BCUT2D eigenvalue weighted by Gasteiger charge is -2.14. The molecule has 1 N–H and O–H groups in total. The van der Waals surface area contributed by atoms with Crippen LogP contribution in [0.4, 0.5) is 0 Å². The van der Waals surface area contributed by atoms with Crippen molar-refractivity contribution >= 4 is 22.6 Å². The van der Waals surface area contributed by atoms with Gasteiger partial charge in [-0.25, -0.2) is 0 Å². The molecule has 2 aromatic rings. The van der Waals surface area contributed by atoms with Crippen LogP contribution in [0.3, 0.4) is 0 Å². The monoisotopic (exact) mass is 400 g/mol. The van der Waals surface area contributed by atoms with E-state index < -0.39 is 6.10 Å². The topological polar surface area (TPSA) is 47.9 Å². The Bertz CT molecular complexity index is 539. The first-order chi connectivity index (χ1) is 10.2. The zero-order chi connectivity index (χ0) is 15.1. The summed E-state index contributed by atoms with van der Waals surface area (Å²) in [6, 6.07) is 14.9. The maximum atomic E-state index is 9.85. The third kappa shape index (κ3) is 5.43. The highest BCUT2D eigenvalue weighted by atomic mass is 127. The summed E-state index contributed by atoms with van der Waals surface area (Å²) in [6.07, 6.45) is -0.689. The normalized spacial score (nSPS) is 11.8. The smallest absolute Gasteiger partial charge is 0.122 e. The number of hydrogen-bond donors (Lipinski definition) is 1. The molecule has 0 heterocycles. The van der Waals surface area contributed by atoms with Crippen molar-refractivity contribution < 1.29 is 19.3 Å². The van der Waals surface area contributed by atoms with Crippen molar-refractivity contribution in [2.75, 3.05) is 20.3 Å². The van der Waals surface area contributed by atoms with Gasteiger partial charge in [-0.15, -0.1) is 0 Å². The van der Waals surface area contributed by atoms with Crippen LogP contribution in [0.15, 0.2) is 48.5 Å². The molecule has 0 spiro atoms. The van der Waals surface area contributed by atoms with E-state index in [2.05, 4.69) is 22.6 Å². The van der Waals surface area contributed by atoms with E-state index in [4.69, 9.17) is 14.2 Å². The first-order valence-electron chi connectivity index (χ1n) is 6.50. The molecule has 1 atom stereocenters. The van der Waals surface area contributed by atoms with Gasteiger partial charge in [0, 0.05) is 3.57 Å².